The third-order valence-corrected chi connectivity index (χ3v) is 11.3. The van der Waals surface area contributed by atoms with Gasteiger partial charge < -0.3 is 0 Å². The number of rotatable bonds is 6. The van der Waals surface area contributed by atoms with Crippen molar-refractivity contribution in [3.05, 3.63) is 239 Å². The third-order valence-electron chi connectivity index (χ3n) is 11.3. The first-order valence-electron chi connectivity index (χ1n) is 18.6. The molecule has 53 heavy (non-hydrogen) atoms. The van der Waals surface area contributed by atoms with Crippen molar-refractivity contribution in [2.45, 2.75) is 23.9 Å². The molecule has 0 aromatic heterocycles. The van der Waals surface area contributed by atoms with Crippen molar-refractivity contribution in [3.63, 3.8) is 0 Å². The first-order chi connectivity index (χ1) is 26.3. The zero-order valence-corrected chi connectivity index (χ0v) is 29.3. The van der Waals surface area contributed by atoms with Crippen LogP contribution in [0.2, 0.25) is 0 Å². The minimum absolute atomic E-state index is 0.0713. The smallest absolute Gasteiger partial charge is 0.0870 e. The number of fused-ring (bicyclic) bond motifs is 4. The van der Waals surface area contributed by atoms with Crippen molar-refractivity contribution in [2.75, 3.05) is 0 Å². The Morgan fingerprint density at radius 1 is 0.340 bits per heavy atom. The van der Waals surface area contributed by atoms with Gasteiger partial charge in [0.25, 0.3) is 0 Å². The molecule has 8 aromatic carbocycles. The number of nitrogens with one attached hydrogen (secondary N) is 3. The Kier molecular flexibility index (Phi) is 7.84. The first kappa shape index (κ1) is 31.6. The number of benzene rings is 8. The van der Waals surface area contributed by atoms with E-state index in [1.807, 2.05) is 0 Å². The summed E-state index contributed by atoms with van der Waals surface area (Å²) in [5.41, 5.74) is 13.4. The maximum atomic E-state index is 3.99. The summed E-state index contributed by atoms with van der Waals surface area (Å²) in [6.07, 6.45) is -0.303. The fourth-order valence-corrected chi connectivity index (χ4v) is 9.03. The molecule has 3 heteroatoms. The minimum atomic E-state index is -0.475. The highest BCUT2D eigenvalue weighted by Crippen LogP contribution is 2.59. The Balaban J connectivity index is 1.24. The van der Waals surface area contributed by atoms with Crippen molar-refractivity contribution >= 4 is 10.8 Å². The Hall–Kier alpha value is -6.10. The monoisotopic (exact) mass is 681 g/mol. The van der Waals surface area contributed by atoms with E-state index >= 15 is 0 Å². The molecule has 10 rings (SSSR count). The van der Waals surface area contributed by atoms with Gasteiger partial charge in [0.1, 0.15) is 0 Å². The van der Waals surface area contributed by atoms with E-state index in [1.165, 1.54) is 72.0 Å². The maximum absolute atomic E-state index is 3.99. The highest BCUT2D eigenvalue weighted by atomic mass is 15.4. The zero-order valence-electron chi connectivity index (χ0n) is 29.3. The SMILES string of the molecule is c1ccc(C2NC(c3ccccc3)NC(c3ccc4ccccc4c3-c3cccc4c3-c3ccccc3C4(c3ccccc3)c3ccccc3)N2)cc1. The van der Waals surface area contributed by atoms with E-state index in [1.54, 1.807) is 0 Å². The fourth-order valence-electron chi connectivity index (χ4n) is 9.03. The standard InChI is InChI=1S/C50H39N3/c1-5-19-35(20-6-1)47-51-48(36-21-7-2-8-22-36)53-49(52-47)42-33-32-34-18-13-14-27-39(34)45(42)41-29-17-31-44-46(41)40-28-15-16-30-43(40)50(44,37-23-9-3-10-24-37)38-25-11-4-12-26-38/h1-33,47-49,51-53H. The van der Waals surface area contributed by atoms with Crippen LogP contribution in [0, 0.1) is 0 Å². The Bertz CT molecular complexity index is 2460. The molecule has 2 unspecified atom stereocenters. The van der Waals surface area contributed by atoms with Crippen LogP contribution in [-0.2, 0) is 5.41 Å². The van der Waals surface area contributed by atoms with Crippen LogP contribution in [0.25, 0.3) is 33.0 Å². The summed E-state index contributed by atoms with van der Waals surface area (Å²) in [6, 6.07) is 73.0. The average Bonchev–Trinajstić information content (AvgIpc) is 3.56. The molecule has 254 valence electrons. The van der Waals surface area contributed by atoms with E-state index in [4.69, 9.17) is 0 Å². The summed E-state index contributed by atoms with van der Waals surface area (Å²) in [5, 5.41) is 14.3. The minimum Gasteiger partial charge on any atom is -0.279 e. The lowest BCUT2D eigenvalue weighted by Gasteiger charge is -2.40. The van der Waals surface area contributed by atoms with Gasteiger partial charge in [-0.1, -0.05) is 200 Å². The van der Waals surface area contributed by atoms with Gasteiger partial charge in [0.2, 0.25) is 0 Å². The van der Waals surface area contributed by atoms with Crippen LogP contribution >= 0.6 is 0 Å². The Labute approximate surface area is 311 Å². The molecule has 1 heterocycles. The molecule has 8 aromatic rings. The van der Waals surface area contributed by atoms with Gasteiger partial charge >= 0.3 is 0 Å². The van der Waals surface area contributed by atoms with Crippen LogP contribution in [0.5, 0.6) is 0 Å². The third kappa shape index (κ3) is 5.16. The van der Waals surface area contributed by atoms with Gasteiger partial charge in [-0.25, -0.2) is 0 Å². The summed E-state index contributed by atoms with van der Waals surface area (Å²) in [5.74, 6) is 0. The molecule has 3 N–H and O–H groups in total. The summed E-state index contributed by atoms with van der Waals surface area (Å²) >= 11 is 0. The molecule has 1 aliphatic carbocycles. The number of hydrogen-bond acceptors (Lipinski definition) is 3. The molecular formula is C50H39N3. The van der Waals surface area contributed by atoms with Gasteiger partial charge in [0.15, 0.2) is 0 Å². The maximum Gasteiger partial charge on any atom is 0.0870 e. The largest absolute Gasteiger partial charge is 0.279 e. The zero-order chi connectivity index (χ0) is 35.2. The van der Waals surface area contributed by atoms with E-state index < -0.39 is 5.41 Å². The van der Waals surface area contributed by atoms with Gasteiger partial charge in [-0.05, 0) is 72.0 Å². The van der Waals surface area contributed by atoms with Crippen molar-refractivity contribution in [3.8, 4) is 22.3 Å². The molecule has 0 spiro atoms. The van der Waals surface area contributed by atoms with Crippen LogP contribution in [0.1, 0.15) is 57.4 Å². The van der Waals surface area contributed by atoms with E-state index in [0.29, 0.717) is 0 Å². The molecule has 0 saturated carbocycles. The van der Waals surface area contributed by atoms with E-state index in [0.717, 1.165) is 0 Å². The highest BCUT2D eigenvalue weighted by Gasteiger charge is 2.47. The molecule has 3 nitrogen and oxygen atoms in total. The molecule has 0 bridgehead atoms. The topological polar surface area (TPSA) is 36.1 Å². The lowest BCUT2D eigenvalue weighted by atomic mass is 9.67. The molecule has 1 fully saturated rings. The Morgan fingerprint density at radius 3 is 1.47 bits per heavy atom. The molecule has 1 aliphatic heterocycles. The van der Waals surface area contributed by atoms with Gasteiger partial charge in [0, 0.05) is 0 Å². The molecule has 0 amide bonds. The van der Waals surface area contributed by atoms with E-state index in [2.05, 4.69) is 216 Å². The lowest BCUT2D eigenvalue weighted by Crippen LogP contribution is -2.54. The van der Waals surface area contributed by atoms with Crippen LogP contribution < -0.4 is 16.0 Å². The second kappa shape index (κ2) is 13.1. The fraction of sp³-hybridized carbons (Fsp3) is 0.0800. The normalized spacial score (nSPS) is 18.7. The average molecular weight is 682 g/mol. The van der Waals surface area contributed by atoms with Crippen LogP contribution in [0.3, 0.4) is 0 Å². The molecule has 1 saturated heterocycles. The lowest BCUT2D eigenvalue weighted by molar-refractivity contribution is 0.203. The van der Waals surface area contributed by atoms with Crippen molar-refractivity contribution < 1.29 is 0 Å². The van der Waals surface area contributed by atoms with Crippen molar-refractivity contribution in [1.29, 1.82) is 0 Å². The Morgan fingerprint density at radius 2 is 0.830 bits per heavy atom. The van der Waals surface area contributed by atoms with Gasteiger partial charge in [-0.15, -0.1) is 0 Å². The van der Waals surface area contributed by atoms with Gasteiger partial charge in [-0.3, -0.25) is 16.0 Å². The predicted molar refractivity (Wildman–Crippen MR) is 217 cm³/mol. The quantitative estimate of drug-likeness (QED) is 0.163. The molecule has 2 atom stereocenters. The van der Waals surface area contributed by atoms with Crippen LogP contribution in [-0.4, -0.2) is 0 Å². The van der Waals surface area contributed by atoms with Crippen LogP contribution in [0.4, 0.5) is 0 Å². The van der Waals surface area contributed by atoms with Gasteiger partial charge in [-0.2, -0.15) is 0 Å². The first-order valence-corrected chi connectivity index (χ1v) is 18.6. The summed E-state index contributed by atoms with van der Waals surface area (Å²) < 4.78 is 0. The second-order valence-electron chi connectivity index (χ2n) is 14.1. The highest BCUT2D eigenvalue weighted by molar-refractivity contribution is 6.05. The second-order valence-corrected chi connectivity index (χ2v) is 14.1. The summed E-state index contributed by atoms with van der Waals surface area (Å²) in [4.78, 5) is 0. The number of hydrogen-bond donors (Lipinski definition) is 3. The molecule has 2 aliphatic rings. The van der Waals surface area contributed by atoms with E-state index in [9.17, 15) is 0 Å². The van der Waals surface area contributed by atoms with Crippen molar-refractivity contribution in [2.24, 2.45) is 0 Å². The molecule has 0 radical (unpaired) electrons. The van der Waals surface area contributed by atoms with Gasteiger partial charge in [0.05, 0.1) is 23.9 Å². The summed E-state index contributed by atoms with van der Waals surface area (Å²) in [6.45, 7) is 0. The molecular weight excluding hydrogens is 643 g/mol. The van der Waals surface area contributed by atoms with E-state index in [-0.39, 0.29) is 18.5 Å². The predicted octanol–water partition coefficient (Wildman–Crippen LogP) is 11.0. The van der Waals surface area contributed by atoms with Crippen molar-refractivity contribution in [1.82, 2.24) is 16.0 Å². The van der Waals surface area contributed by atoms with Crippen LogP contribution in [0.15, 0.2) is 200 Å². The summed E-state index contributed by atoms with van der Waals surface area (Å²) in [7, 11) is 0.